The molecule has 2 rings (SSSR count). The molecule has 0 bridgehead atoms. The molecule has 1 nitrogen and oxygen atoms in total. The number of hydrogen-bond donors (Lipinski definition) is 0. The van der Waals surface area contributed by atoms with Crippen molar-refractivity contribution in [3.8, 4) is 0 Å². The van der Waals surface area contributed by atoms with Crippen molar-refractivity contribution in [3.05, 3.63) is 28.2 Å². The van der Waals surface area contributed by atoms with Gasteiger partial charge in [0.1, 0.15) is 0 Å². The molecule has 70 valence electrons. The van der Waals surface area contributed by atoms with Gasteiger partial charge in [0.25, 0.3) is 0 Å². The lowest BCUT2D eigenvalue weighted by molar-refractivity contribution is 0.706. The Kier molecular flexibility index (Phi) is 2.58. The normalized spacial score (nSPS) is 15.7. The van der Waals surface area contributed by atoms with Gasteiger partial charge in [-0.25, -0.2) is 0 Å². The van der Waals surface area contributed by atoms with Crippen LogP contribution in [0.15, 0.2) is 22.7 Å². The lowest BCUT2D eigenvalue weighted by Gasteiger charge is -2.31. The fraction of sp³-hybridized carbons (Fsp3) is 0.455. The molecule has 0 saturated carbocycles. The molecular weight excluding hydrogens is 226 g/mol. The highest BCUT2D eigenvalue weighted by molar-refractivity contribution is 9.10. The van der Waals surface area contributed by atoms with E-state index in [1.165, 1.54) is 35.1 Å². The van der Waals surface area contributed by atoms with Crippen LogP contribution < -0.4 is 4.90 Å². The molecule has 1 aromatic rings. The SMILES string of the molecule is CCN1CCCc2cccc(Br)c21. The molecule has 0 radical (unpaired) electrons. The maximum atomic E-state index is 3.62. The monoisotopic (exact) mass is 239 g/mol. The molecule has 1 aromatic carbocycles. The number of aryl methyl sites for hydroxylation is 1. The van der Waals surface area contributed by atoms with Crippen LogP contribution >= 0.6 is 15.9 Å². The zero-order chi connectivity index (χ0) is 9.26. The summed E-state index contributed by atoms with van der Waals surface area (Å²) >= 11 is 3.62. The maximum Gasteiger partial charge on any atom is 0.0543 e. The summed E-state index contributed by atoms with van der Waals surface area (Å²) in [7, 11) is 0. The summed E-state index contributed by atoms with van der Waals surface area (Å²) in [6.07, 6.45) is 2.52. The van der Waals surface area contributed by atoms with Crippen molar-refractivity contribution in [2.75, 3.05) is 18.0 Å². The largest absolute Gasteiger partial charge is 0.371 e. The van der Waals surface area contributed by atoms with Gasteiger partial charge in [0.2, 0.25) is 0 Å². The predicted molar refractivity (Wildman–Crippen MR) is 60.4 cm³/mol. The van der Waals surface area contributed by atoms with Crippen LogP contribution in [0.1, 0.15) is 18.9 Å². The van der Waals surface area contributed by atoms with Crippen LogP contribution in [-0.4, -0.2) is 13.1 Å². The molecule has 1 aliphatic heterocycles. The van der Waals surface area contributed by atoms with Crippen LogP contribution in [0.5, 0.6) is 0 Å². The minimum absolute atomic E-state index is 1.11. The Labute approximate surface area is 87.9 Å². The van der Waals surface area contributed by atoms with Crippen LogP contribution in [0, 0.1) is 0 Å². The molecule has 13 heavy (non-hydrogen) atoms. The van der Waals surface area contributed by atoms with Gasteiger partial charge in [0.15, 0.2) is 0 Å². The van der Waals surface area contributed by atoms with E-state index in [2.05, 4.69) is 46.0 Å². The highest BCUT2D eigenvalue weighted by atomic mass is 79.9. The van der Waals surface area contributed by atoms with E-state index in [1.54, 1.807) is 0 Å². The zero-order valence-corrected chi connectivity index (χ0v) is 9.47. The Bertz CT molecular complexity index is 309. The Hall–Kier alpha value is -0.500. The molecule has 1 aliphatic rings. The number of anilines is 1. The van der Waals surface area contributed by atoms with Gasteiger partial charge in [0.05, 0.1) is 5.69 Å². The number of nitrogens with zero attached hydrogens (tertiary/aromatic N) is 1. The van der Waals surface area contributed by atoms with Crippen molar-refractivity contribution in [1.29, 1.82) is 0 Å². The van der Waals surface area contributed by atoms with Crippen molar-refractivity contribution in [3.63, 3.8) is 0 Å². The van der Waals surface area contributed by atoms with E-state index in [4.69, 9.17) is 0 Å². The number of rotatable bonds is 1. The highest BCUT2D eigenvalue weighted by Crippen LogP contribution is 2.33. The first-order valence-corrected chi connectivity index (χ1v) is 5.64. The van der Waals surface area contributed by atoms with Gasteiger partial charge >= 0.3 is 0 Å². The highest BCUT2D eigenvalue weighted by Gasteiger charge is 2.17. The first-order valence-electron chi connectivity index (χ1n) is 4.85. The molecule has 0 atom stereocenters. The number of benzene rings is 1. The number of halogens is 1. The molecule has 0 fully saturated rings. The van der Waals surface area contributed by atoms with Crippen molar-refractivity contribution >= 4 is 21.6 Å². The van der Waals surface area contributed by atoms with E-state index in [1.807, 2.05) is 0 Å². The summed E-state index contributed by atoms with van der Waals surface area (Å²) in [5.74, 6) is 0. The van der Waals surface area contributed by atoms with E-state index in [0.29, 0.717) is 0 Å². The van der Waals surface area contributed by atoms with E-state index < -0.39 is 0 Å². The van der Waals surface area contributed by atoms with Crippen molar-refractivity contribution in [2.45, 2.75) is 19.8 Å². The first kappa shape index (κ1) is 9.07. The third kappa shape index (κ3) is 1.60. The van der Waals surface area contributed by atoms with Crippen LogP contribution in [0.25, 0.3) is 0 Å². The predicted octanol–water partition coefficient (Wildman–Crippen LogP) is 3.22. The first-order chi connectivity index (χ1) is 6.33. The smallest absolute Gasteiger partial charge is 0.0543 e. The van der Waals surface area contributed by atoms with E-state index in [-0.39, 0.29) is 0 Å². The zero-order valence-electron chi connectivity index (χ0n) is 7.89. The van der Waals surface area contributed by atoms with E-state index in [9.17, 15) is 0 Å². The lowest BCUT2D eigenvalue weighted by Crippen LogP contribution is -2.29. The Morgan fingerprint density at radius 3 is 3.08 bits per heavy atom. The molecule has 0 amide bonds. The van der Waals surface area contributed by atoms with Gasteiger partial charge in [-0.2, -0.15) is 0 Å². The van der Waals surface area contributed by atoms with Gasteiger partial charge in [-0.15, -0.1) is 0 Å². The summed E-state index contributed by atoms with van der Waals surface area (Å²) < 4.78 is 1.24. The average Bonchev–Trinajstić information content (AvgIpc) is 2.17. The fourth-order valence-corrected chi connectivity index (χ4v) is 2.66. The topological polar surface area (TPSA) is 3.24 Å². The quantitative estimate of drug-likeness (QED) is 0.728. The number of para-hydroxylation sites is 1. The third-order valence-electron chi connectivity index (χ3n) is 2.64. The summed E-state index contributed by atoms with van der Waals surface area (Å²) in [6, 6.07) is 6.50. The fourth-order valence-electron chi connectivity index (χ4n) is 2.00. The van der Waals surface area contributed by atoms with Gasteiger partial charge in [-0.1, -0.05) is 12.1 Å². The van der Waals surface area contributed by atoms with Gasteiger partial charge < -0.3 is 4.90 Å². The molecule has 0 unspecified atom stereocenters. The molecule has 0 aliphatic carbocycles. The molecule has 1 heterocycles. The van der Waals surface area contributed by atoms with Gasteiger partial charge in [0, 0.05) is 17.6 Å². The van der Waals surface area contributed by atoms with Crippen molar-refractivity contribution < 1.29 is 0 Å². The number of fused-ring (bicyclic) bond motifs is 1. The van der Waals surface area contributed by atoms with E-state index >= 15 is 0 Å². The molecule has 0 saturated heterocycles. The molecule has 0 spiro atoms. The lowest BCUT2D eigenvalue weighted by atomic mass is 10.0. The Morgan fingerprint density at radius 1 is 1.46 bits per heavy atom. The minimum Gasteiger partial charge on any atom is -0.371 e. The van der Waals surface area contributed by atoms with Crippen LogP contribution in [0.4, 0.5) is 5.69 Å². The second kappa shape index (κ2) is 3.70. The molecule has 0 aromatic heterocycles. The summed E-state index contributed by atoms with van der Waals surface area (Å²) in [6.45, 7) is 4.52. The third-order valence-corrected chi connectivity index (χ3v) is 3.28. The minimum atomic E-state index is 1.11. The van der Waals surface area contributed by atoms with Crippen molar-refractivity contribution in [2.24, 2.45) is 0 Å². The van der Waals surface area contributed by atoms with Gasteiger partial charge in [-0.3, -0.25) is 0 Å². The second-order valence-electron chi connectivity index (χ2n) is 3.43. The summed E-state index contributed by atoms with van der Waals surface area (Å²) in [4.78, 5) is 2.45. The maximum absolute atomic E-state index is 3.62. The van der Waals surface area contributed by atoms with Crippen LogP contribution in [-0.2, 0) is 6.42 Å². The average molecular weight is 240 g/mol. The number of hydrogen-bond acceptors (Lipinski definition) is 1. The van der Waals surface area contributed by atoms with Crippen LogP contribution in [0.2, 0.25) is 0 Å². The van der Waals surface area contributed by atoms with Crippen LogP contribution in [0.3, 0.4) is 0 Å². The molecular formula is C11H14BrN. The Balaban J connectivity index is 2.47. The standard InChI is InChI=1S/C11H14BrN/c1-2-13-8-4-6-9-5-3-7-10(12)11(9)13/h3,5,7H,2,4,6,8H2,1H3. The van der Waals surface area contributed by atoms with Gasteiger partial charge in [-0.05, 0) is 47.3 Å². The van der Waals surface area contributed by atoms with E-state index in [0.717, 1.165) is 6.54 Å². The van der Waals surface area contributed by atoms with Crippen molar-refractivity contribution in [1.82, 2.24) is 0 Å². The molecule has 0 N–H and O–H groups in total. The molecule has 2 heteroatoms. The Morgan fingerprint density at radius 2 is 2.31 bits per heavy atom. The second-order valence-corrected chi connectivity index (χ2v) is 4.29. The summed E-state index contributed by atoms with van der Waals surface area (Å²) in [5, 5.41) is 0. The summed E-state index contributed by atoms with van der Waals surface area (Å²) in [5.41, 5.74) is 2.90.